The summed E-state index contributed by atoms with van der Waals surface area (Å²) in [6, 6.07) is 8.89. The number of rotatable bonds is 2. The van der Waals surface area contributed by atoms with Gasteiger partial charge in [-0.3, -0.25) is 4.79 Å². The molecule has 1 fully saturated rings. The SMILES string of the molecule is O=C1[C@@H]2CCCN2c2ccc(C(F)(F)F)cc2N1Cc1cccc(F)c1. The predicted octanol–water partition coefficient (Wildman–Crippen LogP) is 4.36. The van der Waals surface area contributed by atoms with Crippen LogP contribution in [0.2, 0.25) is 0 Å². The van der Waals surface area contributed by atoms with Crippen LogP contribution in [-0.4, -0.2) is 18.5 Å². The number of hydrogen-bond donors (Lipinski definition) is 0. The maximum atomic E-state index is 13.5. The molecule has 0 bridgehead atoms. The quantitative estimate of drug-likeness (QED) is 0.740. The van der Waals surface area contributed by atoms with Crippen molar-refractivity contribution in [2.45, 2.75) is 31.6 Å². The summed E-state index contributed by atoms with van der Waals surface area (Å²) in [6.07, 6.45) is -3.02. The van der Waals surface area contributed by atoms with Crippen LogP contribution in [0.3, 0.4) is 0 Å². The molecule has 136 valence electrons. The fourth-order valence-electron chi connectivity index (χ4n) is 3.75. The zero-order chi connectivity index (χ0) is 18.5. The summed E-state index contributed by atoms with van der Waals surface area (Å²) in [5, 5.41) is 0. The number of carbonyl (C=O) groups excluding carboxylic acids is 1. The van der Waals surface area contributed by atoms with E-state index in [1.807, 2.05) is 4.90 Å². The van der Waals surface area contributed by atoms with Gasteiger partial charge in [-0.25, -0.2) is 4.39 Å². The fraction of sp³-hybridized carbons (Fsp3) is 0.316. The lowest BCUT2D eigenvalue weighted by molar-refractivity contribution is -0.137. The minimum Gasteiger partial charge on any atom is -0.358 e. The van der Waals surface area contributed by atoms with Gasteiger partial charge in [0.05, 0.1) is 23.5 Å². The Hall–Kier alpha value is -2.57. The molecular formula is C19H16F4N2O. The van der Waals surface area contributed by atoms with Gasteiger partial charge in [-0.1, -0.05) is 12.1 Å². The van der Waals surface area contributed by atoms with Crippen LogP contribution >= 0.6 is 0 Å². The first-order chi connectivity index (χ1) is 12.3. The molecule has 3 nitrogen and oxygen atoms in total. The first kappa shape index (κ1) is 16.9. The van der Waals surface area contributed by atoms with E-state index in [2.05, 4.69) is 0 Å². The molecule has 0 aliphatic carbocycles. The molecule has 2 aliphatic heterocycles. The number of hydrogen-bond acceptors (Lipinski definition) is 2. The van der Waals surface area contributed by atoms with Gasteiger partial charge >= 0.3 is 6.18 Å². The van der Waals surface area contributed by atoms with Gasteiger partial charge in [0.25, 0.3) is 0 Å². The van der Waals surface area contributed by atoms with Gasteiger partial charge in [-0.15, -0.1) is 0 Å². The van der Waals surface area contributed by atoms with E-state index < -0.39 is 17.6 Å². The Kier molecular flexibility index (Phi) is 3.89. The Bertz CT molecular complexity index is 865. The number of amides is 1. The Morgan fingerprint density at radius 1 is 1.08 bits per heavy atom. The zero-order valence-corrected chi connectivity index (χ0v) is 13.8. The minimum atomic E-state index is -4.50. The molecule has 2 aromatic rings. The molecule has 1 atom stereocenters. The van der Waals surface area contributed by atoms with Crippen LogP contribution in [0.4, 0.5) is 28.9 Å². The van der Waals surface area contributed by atoms with Crippen molar-refractivity contribution in [1.29, 1.82) is 0 Å². The van der Waals surface area contributed by atoms with E-state index >= 15 is 0 Å². The average Bonchev–Trinajstić information content (AvgIpc) is 3.07. The molecule has 0 N–H and O–H groups in total. The molecule has 2 heterocycles. The maximum absolute atomic E-state index is 13.5. The Balaban J connectivity index is 1.80. The predicted molar refractivity (Wildman–Crippen MR) is 89.4 cm³/mol. The van der Waals surface area contributed by atoms with Crippen LogP contribution < -0.4 is 9.80 Å². The third kappa shape index (κ3) is 2.81. The normalized spacial score (nSPS) is 19.5. The summed E-state index contributed by atoms with van der Waals surface area (Å²) in [5.41, 5.74) is 0.586. The molecule has 0 aromatic heterocycles. The highest BCUT2D eigenvalue weighted by molar-refractivity contribution is 6.06. The molecule has 1 saturated heterocycles. The van der Waals surface area contributed by atoms with Crippen LogP contribution in [0, 0.1) is 5.82 Å². The highest BCUT2D eigenvalue weighted by Gasteiger charge is 2.42. The summed E-state index contributed by atoms with van der Waals surface area (Å²) in [4.78, 5) is 16.2. The molecule has 2 aromatic carbocycles. The first-order valence-electron chi connectivity index (χ1n) is 8.38. The topological polar surface area (TPSA) is 23.6 Å². The van der Waals surface area contributed by atoms with Gasteiger partial charge in [-0.05, 0) is 48.7 Å². The number of halogens is 4. The molecule has 0 unspecified atom stereocenters. The van der Waals surface area contributed by atoms with Crippen LogP contribution in [0.5, 0.6) is 0 Å². The first-order valence-corrected chi connectivity index (χ1v) is 8.38. The van der Waals surface area contributed by atoms with E-state index in [1.165, 1.54) is 29.2 Å². The van der Waals surface area contributed by atoms with Crippen molar-refractivity contribution in [2.75, 3.05) is 16.3 Å². The van der Waals surface area contributed by atoms with Crippen LogP contribution in [0.1, 0.15) is 24.0 Å². The Labute approximate surface area is 147 Å². The summed E-state index contributed by atoms with van der Waals surface area (Å²) >= 11 is 0. The largest absolute Gasteiger partial charge is 0.416 e. The fourth-order valence-corrected chi connectivity index (χ4v) is 3.75. The van der Waals surface area contributed by atoms with Gasteiger partial charge < -0.3 is 9.80 Å². The Morgan fingerprint density at radius 2 is 1.88 bits per heavy atom. The van der Waals surface area contributed by atoms with Crippen molar-refractivity contribution in [3.63, 3.8) is 0 Å². The third-order valence-corrected chi connectivity index (χ3v) is 4.94. The third-order valence-electron chi connectivity index (χ3n) is 4.94. The minimum absolute atomic E-state index is 0.0369. The summed E-state index contributed by atoms with van der Waals surface area (Å²) in [5.74, 6) is -0.683. The second kappa shape index (κ2) is 6.00. The molecule has 26 heavy (non-hydrogen) atoms. The monoisotopic (exact) mass is 364 g/mol. The number of benzene rings is 2. The highest BCUT2D eigenvalue weighted by atomic mass is 19.4. The lowest BCUT2D eigenvalue weighted by atomic mass is 10.0. The van der Waals surface area contributed by atoms with Crippen LogP contribution in [0.25, 0.3) is 0 Å². The molecule has 4 rings (SSSR count). The molecule has 0 saturated carbocycles. The molecule has 2 aliphatic rings. The average molecular weight is 364 g/mol. The summed E-state index contributed by atoms with van der Waals surface area (Å²) in [6.45, 7) is 0.678. The summed E-state index contributed by atoms with van der Waals surface area (Å²) in [7, 11) is 0. The van der Waals surface area contributed by atoms with Gasteiger partial charge in [0.2, 0.25) is 5.91 Å². The number of fused-ring (bicyclic) bond motifs is 3. The van der Waals surface area contributed by atoms with E-state index in [0.29, 0.717) is 24.2 Å². The van der Waals surface area contributed by atoms with E-state index in [4.69, 9.17) is 0 Å². The van der Waals surface area contributed by atoms with Gasteiger partial charge in [-0.2, -0.15) is 13.2 Å². The summed E-state index contributed by atoms with van der Waals surface area (Å²) < 4.78 is 53.0. The van der Waals surface area contributed by atoms with E-state index in [0.717, 1.165) is 18.6 Å². The van der Waals surface area contributed by atoms with E-state index in [9.17, 15) is 22.4 Å². The molecular weight excluding hydrogens is 348 g/mol. The van der Waals surface area contributed by atoms with Gasteiger partial charge in [0.1, 0.15) is 11.9 Å². The standard InChI is InChI=1S/C19H16F4N2O/c20-14-4-1-3-12(9-14)11-25-17-10-13(19(21,22)23)6-7-15(17)24-8-2-5-16(24)18(25)26/h1,3-4,6-7,9-10,16H,2,5,8,11H2/t16-/m0/s1. The second-order valence-corrected chi connectivity index (χ2v) is 6.61. The Morgan fingerprint density at radius 3 is 2.62 bits per heavy atom. The lowest BCUT2D eigenvalue weighted by Crippen LogP contribution is -2.50. The maximum Gasteiger partial charge on any atom is 0.416 e. The lowest BCUT2D eigenvalue weighted by Gasteiger charge is -2.40. The van der Waals surface area contributed by atoms with E-state index in [1.54, 1.807) is 6.07 Å². The van der Waals surface area contributed by atoms with Crippen molar-refractivity contribution in [3.8, 4) is 0 Å². The smallest absolute Gasteiger partial charge is 0.358 e. The zero-order valence-electron chi connectivity index (χ0n) is 13.8. The molecule has 0 radical (unpaired) electrons. The van der Waals surface area contributed by atoms with Crippen molar-refractivity contribution >= 4 is 17.3 Å². The molecule has 0 spiro atoms. The van der Waals surface area contributed by atoms with Crippen LogP contribution in [-0.2, 0) is 17.5 Å². The number of anilines is 2. The van der Waals surface area contributed by atoms with Crippen molar-refractivity contribution < 1.29 is 22.4 Å². The van der Waals surface area contributed by atoms with E-state index in [-0.39, 0.29) is 24.2 Å². The number of nitrogens with zero attached hydrogens (tertiary/aromatic N) is 2. The van der Waals surface area contributed by atoms with Crippen molar-refractivity contribution in [3.05, 3.63) is 59.4 Å². The number of alkyl halides is 3. The second-order valence-electron chi connectivity index (χ2n) is 6.61. The van der Waals surface area contributed by atoms with Crippen molar-refractivity contribution in [1.82, 2.24) is 0 Å². The number of carbonyl (C=O) groups is 1. The van der Waals surface area contributed by atoms with Gasteiger partial charge in [0, 0.05) is 6.54 Å². The molecule has 7 heteroatoms. The highest BCUT2D eigenvalue weighted by Crippen LogP contribution is 2.43. The van der Waals surface area contributed by atoms with Crippen LogP contribution in [0.15, 0.2) is 42.5 Å². The molecule has 1 amide bonds. The van der Waals surface area contributed by atoms with Crippen molar-refractivity contribution in [2.24, 2.45) is 0 Å². The van der Waals surface area contributed by atoms with Gasteiger partial charge in [0.15, 0.2) is 0 Å².